The molecular weight excluding hydrogens is 755 g/mol. The van der Waals surface area contributed by atoms with E-state index in [1.807, 2.05) is 0 Å². The Kier molecular flexibility index (Phi) is 7.54. The monoisotopic (exact) mass is 789 g/mol. The quantitative estimate of drug-likeness (QED) is 0.163. The normalized spacial score (nSPS) is 11.9. The minimum atomic E-state index is 0.569. The summed E-state index contributed by atoms with van der Waals surface area (Å²) in [5.74, 6) is 1.77. The summed E-state index contributed by atoms with van der Waals surface area (Å²) in [6, 6.07) is 75.7. The molecule has 0 amide bonds. The van der Waals surface area contributed by atoms with Crippen LogP contribution in [0.15, 0.2) is 212 Å². The first kappa shape index (κ1) is 34.5. The molecule has 0 saturated carbocycles. The smallest absolute Gasteiger partial charge is 0.238 e. The Hall–Kier alpha value is -8.41. The van der Waals surface area contributed by atoms with Crippen LogP contribution in [0.3, 0.4) is 0 Å². The van der Waals surface area contributed by atoms with Crippen molar-refractivity contribution in [1.29, 1.82) is 0 Å². The Morgan fingerprint density at radius 2 is 0.629 bits per heavy atom. The van der Waals surface area contributed by atoms with Gasteiger partial charge in [-0.1, -0.05) is 164 Å². The van der Waals surface area contributed by atoms with E-state index in [-0.39, 0.29) is 0 Å². The summed E-state index contributed by atoms with van der Waals surface area (Å²) in [4.78, 5) is 15.9. The average Bonchev–Trinajstić information content (AvgIpc) is 3.87. The minimum Gasteiger partial charge on any atom is -0.309 e. The van der Waals surface area contributed by atoms with Crippen LogP contribution in [0.25, 0.3) is 121 Å². The molecule has 13 aromatic rings. The van der Waals surface area contributed by atoms with E-state index in [2.05, 4.69) is 221 Å². The number of fused-ring (bicyclic) bond motifs is 12. The van der Waals surface area contributed by atoms with E-state index in [1.165, 1.54) is 43.1 Å². The molecule has 0 fully saturated rings. The molecule has 0 aliphatic carbocycles. The first-order valence-electron chi connectivity index (χ1n) is 21.0. The molecule has 0 aliphatic heterocycles. The standard InChI is InChI=1S/C57H35N5/c1-2-21-43-41(19-1)42-20-3-4-22-44(42)50-35-37(31-32-45(43)50)36-15-13-16-38(33-36)55-58-56(60-57(59-55)62-53-29-11-7-25-48(53)49-26-8-12-30-54(49)62)39-17-14-18-40(34-39)61-51-27-9-5-23-46(51)47-24-6-10-28-52(47)61/h1-35H. The summed E-state index contributed by atoms with van der Waals surface area (Å²) >= 11 is 0. The van der Waals surface area contributed by atoms with Gasteiger partial charge in [0.2, 0.25) is 5.95 Å². The maximum Gasteiger partial charge on any atom is 0.238 e. The third kappa shape index (κ3) is 5.25. The summed E-state index contributed by atoms with van der Waals surface area (Å²) in [6.07, 6.45) is 0. The van der Waals surface area contributed by atoms with Gasteiger partial charge in [-0.3, -0.25) is 4.57 Å². The molecule has 0 aliphatic rings. The zero-order valence-electron chi connectivity index (χ0n) is 33.4. The summed E-state index contributed by atoms with van der Waals surface area (Å²) < 4.78 is 4.52. The lowest BCUT2D eigenvalue weighted by atomic mass is 9.92. The van der Waals surface area contributed by atoms with Gasteiger partial charge in [-0.05, 0) is 92.0 Å². The maximum absolute atomic E-state index is 5.32. The van der Waals surface area contributed by atoms with Crippen LogP contribution in [0, 0.1) is 0 Å². The highest BCUT2D eigenvalue weighted by Crippen LogP contribution is 2.39. The van der Waals surface area contributed by atoms with Gasteiger partial charge in [0.1, 0.15) is 0 Å². The first-order valence-corrected chi connectivity index (χ1v) is 21.0. The molecule has 5 nitrogen and oxygen atoms in total. The van der Waals surface area contributed by atoms with Gasteiger partial charge in [-0.2, -0.15) is 9.97 Å². The molecule has 0 bridgehead atoms. The lowest BCUT2D eigenvalue weighted by Crippen LogP contribution is -2.06. The average molecular weight is 790 g/mol. The van der Waals surface area contributed by atoms with Gasteiger partial charge in [0.05, 0.1) is 22.1 Å². The van der Waals surface area contributed by atoms with Crippen molar-refractivity contribution in [2.45, 2.75) is 0 Å². The van der Waals surface area contributed by atoms with Crippen LogP contribution in [-0.2, 0) is 0 Å². The summed E-state index contributed by atoms with van der Waals surface area (Å²) in [7, 11) is 0. The minimum absolute atomic E-state index is 0.569. The third-order valence-corrected chi connectivity index (χ3v) is 12.5. The number of hydrogen-bond donors (Lipinski definition) is 0. The van der Waals surface area contributed by atoms with Gasteiger partial charge in [-0.15, -0.1) is 0 Å². The fourth-order valence-corrected chi connectivity index (χ4v) is 9.77. The summed E-state index contributed by atoms with van der Waals surface area (Å²) in [5.41, 5.74) is 9.47. The Morgan fingerprint density at radius 1 is 0.242 bits per heavy atom. The van der Waals surface area contributed by atoms with Crippen molar-refractivity contribution in [3.05, 3.63) is 212 Å². The second-order valence-corrected chi connectivity index (χ2v) is 16.0. The molecular formula is C57H35N5. The van der Waals surface area contributed by atoms with Crippen LogP contribution in [0.4, 0.5) is 0 Å². The molecule has 62 heavy (non-hydrogen) atoms. The number of hydrogen-bond acceptors (Lipinski definition) is 3. The zero-order chi connectivity index (χ0) is 40.7. The highest BCUT2D eigenvalue weighted by Gasteiger charge is 2.19. The molecule has 0 atom stereocenters. The molecule has 5 heteroatoms. The number of aromatic nitrogens is 5. The molecule has 0 N–H and O–H groups in total. The van der Waals surface area contributed by atoms with E-state index in [4.69, 9.17) is 15.0 Å². The van der Waals surface area contributed by atoms with Crippen molar-refractivity contribution in [3.63, 3.8) is 0 Å². The number of nitrogens with zero attached hydrogens (tertiary/aromatic N) is 5. The first-order chi connectivity index (χ1) is 30.7. The van der Waals surface area contributed by atoms with Gasteiger partial charge in [-0.25, -0.2) is 4.98 Å². The van der Waals surface area contributed by atoms with Crippen molar-refractivity contribution in [2.75, 3.05) is 0 Å². The molecule has 0 saturated heterocycles. The van der Waals surface area contributed by atoms with Gasteiger partial charge < -0.3 is 4.57 Å². The van der Waals surface area contributed by atoms with Crippen molar-refractivity contribution in [2.24, 2.45) is 0 Å². The zero-order valence-corrected chi connectivity index (χ0v) is 33.4. The molecule has 0 radical (unpaired) electrons. The predicted octanol–water partition coefficient (Wildman–Crippen LogP) is 14.5. The van der Waals surface area contributed by atoms with E-state index in [0.717, 1.165) is 60.8 Å². The maximum atomic E-state index is 5.32. The molecule has 3 aromatic heterocycles. The van der Waals surface area contributed by atoms with E-state index in [9.17, 15) is 0 Å². The van der Waals surface area contributed by atoms with Crippen LogP contribution < -0.4 is 0 Å². The fourth-order valence-electron chi connectivity index (χ4n) is 9.77. The highest BCUT2D eigenvalue weighted by atomic mass is 15.2. The van der Waals surface area contributed by atoms with Gasteiger partial charge in [0, 0.05) is 38.4 Å². The molecule has 0 unspecified atom stereocenters. The fraction of sp³-hybridized carbons (Fsp3) is 0. The molecule has 10 aromatic carbocycles. The Bertz CT molecular complexity index is 3810. The number of benzene rings is 10. The number of para-hydroxylation sites is 4. The highest BCUT2D eigenvalue weighted by molar-refractivity contribution is 6.25. The summed E-state index contributed by atoms with van der Waals surface area (Å²) in [5, 5.41) is 12.3. The van der Waals surface area contributed by atoms with Crippen LogP contribution in [-0.4, -0.2) is 24.1 Å². The van der Waals surface area contributed by atoms with E-state index < -0.39 is 0 Å². The summed E-state index contributed by atoms with van der Waals surface area (Å²) in [6.45, 7) is 0. The SMILES string of the molecule is c1cc(-c2ccc3c4ccccc4c4ccccc4c3c2)cc(-c2nc(-c3cccc(-n4c5ccccc5c5ccccc54)c3)nc(-n3c4ccccc4c4ccccc43)n2)c1. The van der Waals surface area contributed by atoms with Gasteiger partial charge >= 0.3 is 0 Å². The largest absolute Gasteiger partial charge is 0.309 e. The molecule has 0 spiro atoms. The van der Waals surface area contributed by atoms with Crippen LogP contribution in [0.5, 0.6) is 0 Å². The third-order valence-electron chi connectivity index (χ3n) is 12.5. The van der Waals surface area contributed by atoms with Crippen LogP contribution >= 0.6 is 0 Å². The number of rotatable bonds is 5. The Balaban J connectivity index is 1.02. The molecule has 13 rings (SSSR count). The lowest BCUT2D eigenvalue weighted by molar-refractivity contribution is 0.953. The van der Waals surface area contributed by atoms with Crippen molar-refractivity contribution in [1.82, 2.24) is 24.1 Å². The second kappa shape index (κ2) is 13.6. The predicted molar refractivity (Wildman–Crippen MR) is 257 cm³/mol. The van der Waals surface area contributed by atoms with E-state index in [0.29, 0.717) is 17.6 Å². The van der Waals surface area contributed by atoms with Crippen molar-refractivity contribution in [3.8, 4) is 45.5 Å². The van der Waals surface area contributed by atoms with Gasteiger partial charge in [0.25, 0.3) is 0 Å². The Labute approximate surface area is 356 Å². The van der Waals surface area contributed by atoms with Crippen LogP contribution in [0.1, 0.15) is 0 Å². The lowest BCUT2D eigenvalue weighted by Gasteiger charge is -2.14. The van der Waals surface area contributed by atoms with Crippen molar-refractivity contribution < 1.29 is 0 Å². The topological polar surface area (TPSA) is 48.5 Å². The van der Waals surface area contributed by atoms with Gasteiger partial charge in [0.15, 0.2) is 11.6 Å². The molecule has 3 heterocycles. The van der Waals surface area contributed by atoms with E-state index >= 15 is 0 Å². The second-order valence-electron chi connectivity index (χ2n) is 16.0. The van der Waals surface area contributed by atoms with E-state index in [1.54, 1.807) is 0 Å². The van der Waals surface area contributed by atoms with Crippen molar-refractivity contribution >= 4 is 75.9 Å². The molecule has 288 valence electrons. The Morgan fingerprint density at radius 3 is 1.16 bits per heavy atom. The van der Waals surface area contributed by atoms with Crippen LogP contribution in [0.2, 0.25) is 0 Å².